The maximum atomic E-state index is 10.1. The van der Waals surface area contributed by atoms with Gasteiger partial charge in [0.25, 0.3) is 0 Å². The van der Waals surface area contributed by atoms with E-state index >= 15 is 0 Å². The average molecular weight is 318 g/mol. The minimum absolute atomic E-state index is 0.0754. The zero-order valence-corrected chi connectivity index (χ0v) is 13.6. The van der Waals surface area contributed by atoms with Crippen molar-refractivity contribution >= 4 is 22.4 Å². The predicted octanol–water partition coefficient (Wildman–Crippen LogP) is 4.07. The summed E-state index contributed by atoms with van der Waals surface area (Å²) < 4.78 is 1.86. The second-order valence-corrected chi connectivity index (χ2v) is 5.96. The highest BCUT2D eigenvalue weighted by Gasteiger charge is 2.14. The van der Waals surface area contributed by atoms with Crippen LogP contribution < -0.4 is 5.32 Å². The van der Waals surface area contributed by atoms with E-state index in [1.54, 1.807) is 6.07 Å². The third-order valence-corrected chi connectivity index (χ3v) is 4.18. The lowest BCUT2D eigenvalue weighted by Crippen LogP contribution is -2.09. The fourth-order valence-electron chi connectivity index (χ4n) is 3.02. The maximum Gasteiger partial charge on any atom is 0.158 e. The number of rotatable bonds is 3. The van der Waals surface area contributed by atoms with Crippen LogP contribution in [0.2, 0.25) is 0 Å². The molecule has 4 rings (SSSR count). The van der Waals surface area contributed by atoms with E-state index in [4.69, 9.17) is 4.98 Å². The molecule has 5 heteroatoms. The van der Waals surface area contributed by atoms with Gasteiger partial charge >= 0.3 is 0 Å². The normalized spacial score (nSPS) is 12.6. The lowest BCUT2D eigenvalue weighted by Gasteiger charge is -2.18. The Morgan fingerprint density at radius 3 is 2.67 bits per heavy atom. The molecule has 0 aliphatic rings. The molecule has 2 aromatic heterocycles. The number of hydrogen-bond acceptors (Lipinski definition) is 4. The summed E-state index contributed by atoms with van der Waals surface area (Å²) in [4.78, 5) is 4.73. The topological polar surface area (TPSA) is 62.5 Å². The Hall–Kier alpha value is -3.08. The molecule has 0 spiro atoms. The van der Waals surface area contributed by atoms with Gasteiger partial charge in [0.1, 0.15) is 11.6 Å². The summed E-state index contributed by atoms with van der Waals surface area (Å²) in [6, 6.07) is 17.3. The molecule has 0 amide bonds. The van der Waals surface area contributed by atoms with Crippen molar-refractivity contribution in [3.63, 3.8) is 0 Å². The van der Waals surface area contributed by atoms with Gasteiger partial charge in [-0.15, -0.1) is 0 Å². The van der Waals surface area contributed by atoms with Gasteiger partial charge in [0.05, 0.1) is 17.3 Å². The zero-order valence-electron chi connectivity index (χ0n) is 13.6. The van der Waals surface area contributed by atoms with Crippen molar-refractivity contribution in [3.05, 3.63) is 65.9 Å². The molecule has 0 radical (unpaired) electrons. The molecule has 0 saturated heterocycles. The second-order valence-electron chi connectivity index (χ2n) is 5.96. The Bertz CT molecular complexity index is 1040. The molecule has 0 aliphatic heterocycles. The monoisotopic (exact) mass is 318 g/mol. The molecule has 5 nitrogen and oxygen atoms in total. The highest BCUT2D eigenvalue weighted by molar-refractivity contribution is 5.91. The highest BCUT2D eigenvalue weighted by Crippen LogP contribution is 2.29. The van der Waals surface area contributed by atoms with Gasteiger partial charge in [-0.3, -0.25) is 0 Å². The van der Waals surface area contributed by atoms with Crippen LogP contribution in [0.4, 0.5) is 5.82 Å². The first-order chi connectivity index (χ1) is 11.6. The van der Waals surface area contributed by atoms with Gasteiger partial charge in [-0.2, -0.15) is 5.10 Å². The van der Waals surface area contributed by atoms with Gasteiger partial charge in [0, 0.05) is 17.0 Å². The minimum Gasteiger partial charge on any atom is -0.508 e. The number of fused-ring (bicyclic) bond motifs is 3. The molecular formula is C19H18N4O. The number of aryl methyl sites for hydroxylation is 1. The van der Waals surface area contributed by atoms with E-state index in [1.165, 1.54) is 0 Å². The summed E-state index contributed by atoms with van der Waals surface area (Å²) in [5.74, 6) is 1.07. The fourth-order valence-corrected chi connectivity index (χ4v) is 3.02. The van der Waals surface area contributed by atoms with E-state index in [0.717, 1.165) is 33.6 Å². The fraction of sp³-hybridized carbons (Fsp3) is 0.158. The van der Waals surface area contributed by atoms with Crippen molar-refractivity contribution in [1.82, 2.24) is 14.6 Å². The van der Waals surface area contributed by atoms with Crippen LogP contribution in [0.5, 0.6) is 5.75 Å². The molecule has 0 aliphatic carbocycles. The number of nitrogens with one attached hydrogen (secondary N) is 1. The summed E-state index contributed by atoms with van der Waals surface area (Å²) in [6.45, 7) is 3.97. The van der Waals surface area contributed by atoms with Gasteiger partial charge in [0.2, 0.25) is 0 Å². The van der Waals surface area contributed by atoms with Crippen LogP contribution >= 0.6 is 0 Å². The van der Waals surface area contributed by atoms with Gasteiger partial charge in [0.15, 0.2) is 5.65 Å². The highest BCUT2D eigenvalue weighted by atomic mass is 16.3. The first-order valence-electron chi connectivity index (χ1n) is 7.93. The van der Waals surface area contributed by atoms with Crippen molar-refractivity contribution < 1.29 is 5.11 Å². The van der Waals surface area contributed by atoms with E-state index in [1.807, 2.05) is 66.9 Å². The van der Waals surface area contributed by atoms with Gasteiger partial charge in [-0.1, -0.05) is 30.3 Å². The number of hydrogen-bond donors (Lipinski definition) is 2. The van der Waals surface area contributed by atoms with Crippen LogP contribution in [0.15, 0.2) is 54.6 Å². The number of anilines is 1. The Morgan fingerprint density at radius 1 is 1.08 bits per heavy atom. The maximum absolute atomic E-state index is 10.1. The largest absolute Gasteiger partial charge is 0.508 e. The molecule has 120 valence electrons. The summed E-state index contributed by atoms with van der Waals surface area (Å²) in [5.41, 5.74) is 3.58. The van der Waals surface area contributed by atoms with Crippen molar-refractivity contribution in [1.29, 1.82) is 0 Å². The molecule has 2 N–H and O–H groups in total. The number of para-hydroxylation sites is 2. The lowest BCUT2D eigenvalue weighted by atomic mass is 10.1. The number of aromatic hydroxyl groups is 1. The first-order valence-corrected chi connectivity index (χ1v) is 7.93. The molecule has 0 bridgehead atoms. The van der Waals surface area contributed by atoms with E-state index in [9.17, 15) is 5.11 Å². The van der Waals surface area contributed by atoms with Crippen molar-refractivity contribution in [2.45, 2.75) is 19.9 Å². The smallest absolute Gasteiger partial charge is 0.158 e. The van der Waals surface area contributed by atoms with Gasteiger partial charge < -0.3 is 10.4 Å². The SMILES string of the molecule is Cc1cc2nc(NC(C)c3ccccc3O)c3ccccc3n2n1. The molecule has 2 heterocycles. The summed E-state index contributed by atoms with van der Waals surface area (Å²) in [5, 5.41) is 19.0. The second kappa shape index (κ2) is 5.53. The molecule has 1 atom stereocenters. The Morgan fingerprint density at radius 2 is 1.83 bits per heavy atom. The lowest BCUT2D eigenvalue weighted by molar-refractivity contribution is 0.465. The molecule has 1 unspecified atom stereocenters. The molecule has 0 fully saturated rings. The zero-order chi connectivity index (χ0) is 16.7. The third-order valence-electron chi connectivity index (χ3n) is 4.18. The number of benzene rings is 2. The summed E-state index contributed by atoms with van der Waals surface area (Å²) in [6.07, 6.45) is 0. The molecular weight excluding hydrogens is 300 g/mol. The number of aromatic nitrogens is 3. The van der Waals surface area contributed by atoms with Crippen LogP contribution in [-0.4, -0.2) is 19.7 Å². The summed E-state index contributed by atoms with van der Waals surface area (Å²) >= 11 is 0. The van der Waals surface area contributed by atoms with Crippen LogP contribution in [0.3, 0.4) is 0 Å². The molecule has 4 aromatic rings. The molecule has 0 saturated carbocycles. The van der Waals surface area contributed by atoms with E-state index in [2.05, 4.69) is 10.4 Å². The Kier molecular flexibility index (Phi) is 3.34. The third kappa shape index (κ3) is 2.34. The molecule has 2 aromatic carbocycles. The van der Waals surface area contributed by atoms with Gasteiger partial charge in [-0.25, -0.2) is 9.50 Å². The van der Waals surface area contributed by atoms with Gasteiger partial charge in [-0.05, 0) is 32.0 Å². The summed E-state index contributed by atoms with van der Waals surface area (Å²) in [7, 11) is 0. The number of nitrogens with zero attached hydrogens (tertiary/aromatic N) is 3. The molecule has 24 heavy (non-hydrogen) atoms. The van der Waals surface area contributed by atoms with Crippen LogP contribution in [0, 0.1) is 6.92 Å². The van der Waals surface area contributed by atoms with E-state index in [0.29, 0.717) is 0 Å². The Labute approximate surface area is 139 Å². The number of phenolic OH excluding ortho intramolecular Hbond substituents is 1. The standard InChI is InChI=1S/C19H18N4O/c1-12-11-18-21-19(15-8-3-5-9-16(15)23(18)22-12)20-13(2)14-7-4-6-10-17(14)24/h3-11,13,24H,1-2H3,(H,20,21). The van der Waals surface area contributed by atoms with Crippen LogP contribution in [0.1, 0.15) is 24.2 Å². The van der Waals surface area contributed by atoms with Crippen molar-refractivity contribution in [3.8, 4) is 5.75 Å². The van der Waals surface area contributed by atoms with Crippen LogP contribution in [0.25, 0.3) is 16.6 Å². The minimum atomic E-state index is -0.0754. The average Bonchev–Trinajstić information content (AvgIpc) is 2.96. The van der Waals surface area contributed by atoms with Crippen molar-refractivity contribution in [2.75, 3.05) is 5.32 Å². The van der Waals surface area contributed by atoms with E-state index < -0.39 is 0 Å². The first kappa shape index (κ1) is 14.5. The quantitative estimate of drug-likeness (QED) is 0.598. The van der Waals surface area contributed by atoms with Crippen molar-refractivity contribution in [2.24, 2.45) is 0 Å². The van der Waals surface area contributed by atoms with E-state index in [-0.39, 0.29) is 11.8 Å². The van der Waals surface area contributed by atoms with Crippen LogP contribution in [-0.2, 0) is 0 Å². The predicted molar refractivity (Wildman–Crippen MR) is 95.4 cm³/mol. The Balaban J connectivity index is 1.85. The number of phenols is 1.